The standard InChI is InChI=1S/3C4H9.Sn.Ti.H/c3*1-3-4-2;;;/h3*1,3-4H2,2H3;;;/q;;;;+4;. The molecular formula is C12H28SnTi+4. The Hall–Kier alpha value is 1.51. The van der Waals surface area contributed by atoms with Gasteiger partial charge in [0.05, 0.1) is 0 Å². The zero-order valence-corrected chi connectivity index (χ0v) is 15.3. The summed E-state index contributed by atoms with van der Waals surface area (Å²) in [6.45, 7) is 7.01. The summed E-state index contributed by atoms with van der Waals surface area (Å²) in [6, 6.07) is 0. The quantitative estimate of drug-likeness (QED) is 0.538. The van der Waals surface area contributed by atoms with Crippen molar-refractivity contribution in [2.75, 3.05) is 0 Å². The van der Waals surface area contributed by atoms with E-state index in [0.29, 0.717) is 0 Å². The van der Waals surface area contributed by atoms with E-state index >= 15 is 0 Å². The number of unbranched alkanes of at least 4 members (excludes halogenated alkanes) is 3. The Morgan fingerprint density at radius 1 is 0.643 bits per heavy atom. The second kappa shape index (κ2) is 14.5. The van der Waals surface area contributed by atoms with Gasteiger partial charge in [0.1, 0.15) is 0 Å². The average molecular weight is 339 g/mol. The van der Waals surface area contributed by atoms with E-state index in [1.807, 2.05) is 0 Å². The van der Waals surface area contributed by atoms with Gasteiger partial charge in [-0.2, -0.15) is 0 Å². The molecule has 0 spiro atoms. The van der Waals surface area contributed by atoms with E-state index in [0.717, 1.165) is 0 Å². The van der Waals surface area contributed by atoms with Crippen molar-refractivity contribution in [3.05, 3.63) is 0 Å². The maximum atomic E-state index is 2.34. The Balaban J connectivity index is 0. The molecule has 2 heteroatoms. The summed E-state index contributed by atoms with van der Waals surface area (Å²) in [6.07, 6.45) is 8.87. The topological polar surface area (TPSA) is 0 Å². The van der Waals surface area contributed by atoms with Crippen LogP contribution in [-0.4, -0.2) is 19.8 Å². The van der Waals surface area contributed by atoms with Crippen LogP contribution < -0.4 is 0 Å². The Morgan fingerprint density at radius 3 is 1.14 bits per heavy atom. The maximum Gasteiger partial charge on any atom is 4.00 e. The molecule has 0 rings (SSSR count). The Morgan fingerprint density at radius 2 is 0.929 bits per heavy atom. The van der Waals surface area contributed by atoms with Crippen LogP contribution in [0.3, 0.4) is 0 Å². The monoisotopic (exact) mass is 340 g/mol. The van der Waals surface area contributed by atoms with Crippen LogP contribution >= 0.6 is 0 Å². The first-order valence-electron chi connectivity index (χ1n) is 6.35. The van der Waals surface area contributed by atoms with Crippen LogP contribution in [0, 0.1) is 0 Å². The molecule has 0 N–H and O–H groups in total. The van der Waals surface area contributed by atoms with Gasteiger partial charge in [0.25, 0.3) is 0 Å². The molecule has 0 atom stereocenters. The second-order valence-electron chi connectivity index (χ2n) is 4.29. The minimum absolute atomic E-state index is 0. The molecule has 0 aliphatic heterocycles. The van der Waals surface area contributed by atoms with Gasteiger partial charge in [0.15, 0.2) is 0 Å². The average Bonchev–Trinajstić information content (AvgIpc) is 2.17. The van der Waals surface area contributed by atoms with Crippen molar-refractivity contribution in [2.45, 2.75) is 72.6 Å². The fourth-order valence-electron chi connectivity index (χ4n) is 1.91. The Labute approximate surface area is 113 Å². The van der Waals surface area contributed by atoms with Crippen LogP contribution in [0.25, 0.3) is 0 Å². The van der Waals surface area contributed by atoms with Crippen molar-refractivity contribution in [3.8, 4) is 0 Å². The molecular weight excluding hydrogens is 311 g/mol. The number of hydrogen-bond acceptors (Lipinski definition) is 0. The van der Waals surface area contributed by atoms with Crippen LogP contribution in [0.2, 0.25) is 13.3 Å². The van der Waals surface area contributed by atoms with Gasteiger partial charge in [-0.15, -0.1) is 0 Å². The van der Waals surface area contributed by atoms with Crippen molar-refractivity contribution in [3.63, 3.8) is 0 Å². The summed E-state index contributed by atoms with van der Waals surface area (Å²) in [7, 11) is 0. The molecule has 14 heavy (non-hydrogen) atoms. The summed E-state index contributed by atoms with van der Waals surface area (Å²) in [4.78, 5) is 0. The summed E-state index contributed by atoms with van der Waals surface area (Å²) < 4.78 is 5.08. The van der Waals surface area contributed by atoms with E-state index in [2.05, 4.69) is 20.8 Å². The first-order valence-corrected chi connectivity index (χ1v) is 13.3. The fraction of sp³-hybridized carbons (Fsp3) is 1.00. The number of rotatable bonds is 9. The molecule has 0 aromatic heterocycles. The zero-order chi connectivity index (χ0) is 9.94. The third-order valence-electron chi connectivity index (χ3n) is 2.90. The molecule has 0 fully saturated rings. The van der Waals surface area contributed by atoms with Gasteiger partial charge in [0.2, 0.25) is 0 Å². The van der Waals surface area contributed by atoms with Gasteiger partial charge in [0, 0.05) is 0 Å². The fourth-order valence-corrected chi connectivity index (χ4v) is 12.8. The van der Waals surface area contributed by atoms with Crippen LogP contribution in [-0.2, 0) is 21.7 Å². The predicted octanol–water partition coefficient (Wildman–Crippen LogP) is 4.61. The van der Waals surface area contributed by atoms with Gasteiger partial charge < -0.3 is 0 Å². The third-order valence-corrected chi connectivity index (χ3v) is 13.4. The normalized spacial score (nSPS) is 10.3. The summed E-state index contributed by atoms with van der Waals surface area (Å²) in [5, 5.41) is 0. The van der Waals surface area contributed by atoms with Gasteiger partial charge in [-0.25, -0.2) is 0 Å². The molecule has 0 nitrogen and oxygen atoms in total. The van der Waals surface area contributed by atoms with Gasteiger partial charge in [-0.05, 0) is 0 Å². The molecule has 0 aromatic rings. The predicted molar refractivity (Wildman–Crippen MR) is 66.3 cm³/mol. The van der Waals surface area contributed by atoms with E-state index in [1.165, 1.54) is 38.5 Å². The largest absolute Gasteiger partial charge is 4.00 e. The smallest absolute Gasteiger partial charge is 4.00 e. The van der Waals surface area contributed by atoms with Crippen LogP contribution in [0.15, 0.2) is 0 Å². The van der Waals surface area contributed by atoms with Crippen molar-refractivity contribution < 1.29 is 21.7 Å². The molecule has 0 aliphatic carbocycles. The van der Waals surface area contributed by atoms with E-state index in [1.54, 1.807) is 13.3 Å². The van der Waals surface area contributed by atoms with Gasteiger partial charge >= 0.3 is 114 Å². The molecule has 0 radical (unpaired) electrons. The molecule has 0 aromatic carbocycles. The third kappa shape index (κ3) is 11.6. The second-order valence-corrected chi connectivity index (χ2v) is 14.2. The van der Waals surface area contributed by atoms with E-state index < -0.39 is 19.8 Å². The first kappa shape index (κ1) is 17.9. The van der Waals surface area contributed by atoms with Crippen LogP contribution in [0.1, 0.15) is 59.3 Å². The van der Waals surface area contributed by atoms with Crippen molar-refractivity contribution in [2.24, 2.45) is 0 Å². The molecule has 0 bridgehead atoms. The molecule has 0 saturated heterocycles. The van der Waals surface area contributed by atoms with E-state index in [9.17, 15) is 0 Å². The van der Waals surface area contributed by atoms with E-state index in [4.69, 9.17) is 0 Å². The summed E-state index contributed by atoms with van der Waals surface area (Å²) in [5.41, 5.74) is 0. The summed E-state index contributed by atoms with van der Waals surface area (Å²) >= 11 is -0.967. The van der Waals surface area contributed by atoms with Crippen LogP contribution in [0.4, 0.5) is 0 Å². The first-order chi connectivity index (χ1) is 6.35. The Kier molecular flexibility index (Phi) is 18.5. The molecule has 0 amide bonds. The van der Waals surface area contributed by atoms with Crippen LogP contribution in [0.5, 0.6) is 0 Å². The minimum atomic E-state index is -0.967. The van der Waals surface area contributed by atoms with Crippen molar-refractivity contribution in [1.29, 1.82) is 0 Å². The van der Waals surface area contributed by atoms with Gasteiger partial charge in [-0.3, -0.25) is 0 Å². The molecule has 0 saturated carbocycles. The SMILES string of the molecule is CCC[CH2][SnH]([CH2]CCC)[CH2]CCC.[Ti+4]. The van der Waals surface area contributed by atoms with Crippen molar-refractivity contribution >= 4 is 19.8 Å². The molecule has 0 heterocycles. The maximum absolute atomic E-state index is 2.34. The van der Waals surface area contributed by atoms with Gasteiger partial charge in [-0.1, -0.05) is 0 Å². The summed E-state index contributed by atoms with van der Waals surface area (Å²) in [5.74, 6) is 0. The molecule has 0 aliphatic rings. The van der Waals surface area contributed by atoms with E-state index in [-0.39, 0.29) is 21.7 Å². The zero-order valence-electron chi connectivity index (χ0n) is 10.4. The number of hydrogen-bond donors (Lipinski definition) is 0. The Bertz CT molecular complexity index is 77.3. The molecule has 0 unspecified atom stereocenters. The molecule has 80 valence electrons. The minimum Gasteiger partial charge on any atom is 4.00 e. The van der Waals surface area contributed by atoms with Crippen molar-refractivity contribution in [1.82, 2.24) is 0 Å².